The predicted octanol–water partition coefficient (Wildman–Crippen LogP) is 2.09. The largest absolute Gasteiger partial charge is 0.392 e. The third-order valence-corrected chi connectivity index (χ3v) is 3.95. The molecule has 2 N–H and O–H groups in total. The molecule has 2 heterocycles. The molecule has 3 nitrogen and oxygen atoms in total. The van der Waals surface area contributed by atoms with Crippen molar-refractivity contribution in [2.75, 3.05) is 19.6 Å². The molecule has 18 heavy (non-hydrogen) atoms. The van der Waals surface area contributed by atoms with E-state index in [9.17, 15) is 5.11 Å². The van der Waals surface area contributed by atoms with Crippen LogP contribution in [0.2, 0.25) is 0 Å². The fraction of sp³-hybridized carbons (Fsp3) is 0.467. The molecule has 0 spiro atoms. The van der Waals surface area contributed by atoms with Crippen LogP contribution in [0.5, 0.6) is 0 Å². The van der Waals surface area contributed by atoms with Crippen LogP contribution in [0.25, 0.3) is 10.9 Å². The maximum absolute atomic E-state index is 9.54. The quantitative estimate of drug-likeness (QED) is 0.867. The van der Waals surface area contributed by atoms with Gasteiger partial charge in [-0.1, -0.05) is 18.2 Å². The fourth-order valence-electron chi connectivity index (χ4n) is 2.94. The number of rotatable bonds is 3. The number of aromatic nitrogens is 1. The summed E-state index contributed by atoms with van der Waals surface area (Å²) in [7, 11) is 0. The number of aryl methyl sites for hydroxylation is 1. The molecule has 1 fully saturated rings. The third-order valence-electron chi connectivity index (χ3n) is 3.95. The van der Waals surface area contributed by atoms with E-state index in [0.29, 0.717) is 0 Å². The van der Waals surface area contributed by atoms with Gasteiger partial charge in [-0.15, -0.1) is 0 Å². The van der Waals surface area contributed by atoms with Gasteiger partial charge in [-0.25, -0.2) is 0 Å². The van der Waals surface area contributed by atoms with E-state index in [4.69, 9.17) is 0 Å². The molecule has 1 atom stereocenters. The Morgan fingerprint density at radius 1 is 1.39 bits per heavy atom. The monoisotopic (exact) mass is 244 g/mol. The average Bonchev–Trinajstić information content (AvgIpc) is 2.90. The molecule has 0 saturated carbocycles. The van der Waals surface area contributed by atoms with Crippen LogP contribution in [0.3, 0.4) is 0 Å². The number of β-amino-alcohol motifs (C(OH)–C–C–N with tert-alkyl or cyclic N) is 1. The van der Waals surface area contributed by atoms with Crippen molar-refractivity contribution >= 4 is 10.9 Å². The lowest BCUT2D eigenvalue weighted by Gasteiger charge is -2.14. The first-order valence-corrected chi connectivity index (χ1v) is 6.70. The molecule has 0 aliphatic carbocycles. The van der Waals surface area contributed by atoms with Crippen molar-refractivity contribution in [3.63, 3.8) is 0 Å². The van der Waals surface area contributed by atoms with E-state index in [0.717, 1.165) is 32.5 Å². The van der Waals surface area contributed by atoms with Crippen LogP contribution in [0.4, 0.5) is 0 Å². The second kappa shape index (κ2) is 4.75. The van der Waals surface area contributed by atoms with Crippen molar-refractivity contribution in [3.05, 3.63) is 35.5 Å². The minimum absolute atomic E-state index is 0.117. The van der Waals surface area contributed by atoms with Gasteiger partial charge in [0.25, 0.3) is 0 Å². The molecule has 0 amide bonds. The Morgan fingerprint density at radius 3 is 3.00 bits per heavy atom. The number of hydrogen-bond donors (Lipinski definition) is 2. The minimum Gasteiger partial charge on any atom is -0.392 e. The molecule has 0 radical (unpaired) electrons. The van der Waals surface area contributed by atoms with Crippen LogP contribution < -0.4 is 0 Å². The first-order chi connectivity index (χ1) is 8.74. The standard InChI is InChI=1S/C15H20N2O/c1-11-13(7-9-17-8-6-12(18)10-17)14-4-2-3-5-15(14)16-11/h2-5,12,16,18H,6-10H2,1H3. The molecule has 1 aliphatic heterocycles. The zero-order valence-electron chi connectivity index (χ0n) is 10.8. The molecule has 96 valence electrons. The molecule has 3 rings (SSSR count). The van der Waals surface area contributed by atoms with Gasteiger partial charge in [0.2, 0.25) is 0 Å². The number of benzene rings is 1. The number of aliphatic hydroxyl groups excluding tert-OH is 1. The Bertz CT molecular complexity index is 546. The van der Waals surface area contributed by atoms with Crippen molar-refractivity contribution in [1.82, 2.24) is 9.88 Å². The normalized spacial score (nSPS) is 20.9. The lowest BCUT2D eigenvalue weighted by atomic mass is 10.1. The highest BCUT2D eigenvalue weighted by Crippen LogP contribution is 2.23. The minimum atomic E-state index is -0.117. The lowest BCUT2D eigenvalue weighted by molar-refractivity contribution is 0.177. The van der Waals surface area contributed by atoms with Crippen molar-refractivity contribution in [3.8, 4) is 0 Å². The van der Waals surface area contributed by atoms with Crippen LogP contribution in [0, 0.1) is 6.92 Å². The first-order valence-electron chi connectivity index (χ1n) is 6.70. The van der Waals surface area contributed by atoms with Crippen LogP contribution in [0.1, 0.15) is 17.7 Å². The summed E-state index contributed by atoms with van der Waals surface area (Å²) in [6.45, 7) is 5.05. The smallest absolute Gasteiger partial charge is 0.0679 e. The van der Waals surface area contributed by atoms with Gasteiger partial charge in [0, 0.05) is 36.2 Å². The molecule has 1 unspecified atom stereocenters. The molecule has 1 aromatic heterocycles. The van der Waals surface area contributed by atoms with Gasteiger partial charge in [-0.05, 0) is 31.4 Å². The van der Waals surface area contributed by atoms with Crippen molar-refractivity contribution in [1.29, 1.82) is 0 Å². The van der Waals surface area contributed by atoms with E-state index in [-0.39, 0.29) is 6.10 Å². The Morgan fingerprint density at radius 2 is 2.22 bits per heavy atom. The van der Waals surface area contributed by atoms with E-state index < -0.39 is 0 Å². The number of aromatic amines is 1. The first kappa shape index (κ1) is 11.8. The van der Waals surface area contributed by atoms with Crippen LogP contribution in [0.15, 0.2) is 24.3 Å². The van der Waals surface area contributed by atoms with Crippen LogP contribution in [-0.4, -0.2) is 40.7 Å². The van der Waals surface area contributed by atoms with E-state index in [1.807, 2.05) is 0 Å². The SMILES string of the molecule is Cc1[nH]c2ccccc2c1CCN1CCC(O)C1. The number of nitrogens with zero attached hydrogens (tertiary/aromatic N) is 1. The van der Waals surface area contributed by atoms with Gasteiger partial charge < -0.3 is 15.0 Å². The summed E-state index contributed by atoms with van der Waals surface area (Å²) in [6, 6.07) is 8.48. The van der Waals surface area contributed by atoms with E-state index in [1.54, 1.807) is 0 Å². The van der Waals surface area contributed by atoms with Gasteiger partial charge in [-0.2, -0.15) is 0 Å². The number of para-hydroxylation sites is 1. The number of hydrogen-bond acceptors (Lipinski definition) is 2. The lowest BCUT2D eigenvalue weighted by Crippen LogP contribution is -2.24. The Hall–Kier alpha value is -1.32. The van der Waals surface area contributed by atoms with Gasteiger partial charge >= 0.3 is 0 Å². The summed E-state index contributed by atoms with van der Waals surface area (Å²) in [5.41, 5.74) is 3.93. The summed E-state index contributed by atoms with van der Waals surface area (Å²) in [5, 5.41) is 10.9. The molecule has 0 bridgehead atoms. The highest BCUT2D eigenvalue weighted by atomic mass is 16.3. The fourth-order valence-corrected chi connectivity index (χ4v) is 2.94. The van der Waals surface area contributed by atoms with Gasteiger partial charge in [-0.3, -0.25) is 0 Å². The summed E-state index contributed by atoms with van der Waals surface area (Å²) in [6.07, 6.45) is 1.86. The second-order valence-corrected chi connectivity index (χ2v) is 5.27. The van der Waals surface area contributed by atoms with E-state index >= 15 is 0 Å². The molecule has 1 aliphatic rings. The number of aliphatic hydroxyl groups is 1. The van der Waals surface area contributed by atoms with Gasteiger partial charge in [0.1, 0.15) is 0 Å². The van der Waals surface area contributed by atoms with Gasteiger partial charge in [0.05, 0.1) is 6.10 Å². The second-order valence-electron chi connectivity index (χ2n) is 5.27. The highest BCUT2D eigenvalue weighted by Gasteiger charge is 2.20. The molecule has 3 heteroatoms. The van der Waals surface area contributed by atoms with Crippen LogP contribution >= 0.6 is 0 Å². The van der Waals surface area contributed by atoms with Crippen molar-refractivity contribution < 1.29 is 5.11 Å². The molecular weight excluding hydrogens is 224 g/mol. The average molecular weight is 244 g/mol. The maximum Gasteiger partial charge on any atom is 0.0679 e. The van der Waals surface area contributed by atoms with Gasteiger partial charge in [0.15, 0.2) is 0 Å². The molecular formula is C15H20N2O. The third kappa shape index (κ3) is 2.16. The molecule has 1 aromatic carbocycles. The number of nitrogens with one attached hydrogen (secondary N) is 1. The molecule has 1 saturated heterocycles. The number of H-pyrrole nitrogens is 1. The Balaban J connectivity index is 1.76. The Labute approximate surface area is 107 Å². The Kier molecular flexibility index (Phi) is 3.10. The zero-order valence-corrected chi connectivity index (χ0v) is 10.8. The zero-order chi connectivity index (χ0) is 12.5. The molecule has 2 aromatic rings. The summed E-state index contributed by atoms with van der Waals surface area (Å²) in [5.74, 6) is 0. The topological polar surface area (TPSA) is 39.3 Å². The maximum atomic E-state index is 9.54. The summed E-state index contributed by atoms with van der Waals surface area (Å²) < 4.78 is 0. The predicted molar refractivity (Wildman–Crippen MR) is 73.8 cm³/mol. The summed E-state index contributed by atoms with van der Waals surface area (Å²) in [4.78, 5) is 5.80. The van der Waals surface area contributed by atoms with Crippen molar-refractivity contribution in [2.24, 2.45) is 0 Å². The van der Waals surface area contributed by atoms with Crippen molar-refractivity contribution in [2.45, 2.75) is 25.9 Å². The number of likely N-dealkylation sites (tertiary alicyclic amines) is 1. The highest BCUT2D eigenvalue weighted by molar-refractivity contribution is 5.84. The van der Waals surface area contributed by atoms with E-state index in [2.05, 4.69) is 41.1 Å². The van der Waals surface area contributed by atoms with E-state index in [1.165, 1.54) is 22.2 Å². The van der Waals surface area contributed by atoms with Crippen LogP contribution in [-0.2, 0) is 6.42 Å². The summed E-state index contributed by atoms with van der Waals surface area (Å²) >= 11 is 0. The number of fused-ring (bicyclic) bond motifs is 1.